The molecule has 0 aliphatic carbocycles. The van der Waals surface area contributed by atoms with Gasteiger partial charge in [0.1, 0.15) is 0 Å². The molecule has 106 valence electrons. The molecule has 0 aromatic heterocycles. The molecule has 20 heavy (non-hydrogen) atoms. The van der Waals surface area contributed by atoms with Crippen molar-refractivity contribution in [2.45, 2.75) is 39.0 Å². The molecule has 0 fully saturated rings. The van der Waals surface area contributed by atoms with Crippen molar-refractivity contribution in [2.75, 3.05) is 11.9 Å². The highest BCUT2D eigenvalue weighted by molar-refractivity contribution is 5.44. The molecule has 0 spiro atoms. The molecule has 0 saturated heterocycles. The molecule has 2 aromatic carbocycles. The third-order valence-electron chi connectivity index (χ3n) is 3.77. The van der Waals surface area contributed by atoms with Crippen molar-refractivity contribution in [3.8, 4) is 0 Å². The van der Waals surface area contributed by atoms with Crippen molar-refractivity contribution < 1.29 is 0 Å². The van der Waals surface area contributed by atoms with Crippen LogP contribution in [0, 0.1) is 0 Å². The van der Waals surface area contributed by atoms with Crippen LogP contribution in [0.5, 0.6) is 0 Å². The van der Waals surface area contributed by atoms with Gasteiger partial charge >= 0.3 is 0 Å². The molecule has 0 saturated carbocycles. The SMILES string of the molecule is CCCc1ccc(NCCC(C)c2ccccc2)cc1. The maximum absolute atomic E-state index is 3.51. The third kappa shape index (κ3) is 4.41. The third-order valence-corrected chi connectivity index (χ3v) is 3.77. The van der Waals surface area contributed by atoms with Crippen LogP contribution in [0.15, 0.2) is 54.6 Å². The fraction of sp³-hybridized carbons (Fsp3) is 0.368. The van der Waals surface area contributed by atoms with Crippen LogP contribution in [-0.2, 0) is 6.42 Å². The van der Waals surface area contributed by atoms with Crippen LogP contribution >= 0.6 is 0 Å². The Kier molecular flexibility index (Phi) is 5.67. The summed E-state index contributed by atoms with van der Waals surface area (Å²) in [4.78, 5) is 0. The molecule has 0 aliphatic rings. The molecule has 0 heterocycles. The van der Waals surface area contributed by atoms with Gasteiger partial charge in [-0.25, -0.2) is 0 Å². The Bertz CT molecular complexity index is 487. The minimum atomic E-state index is 0.600. The van der Waals surface area contributed by atoms with E-state index >= 15 is 0 Å². The van der Waals surface area contributed by atoms with E-state index in [4.69, 9.17) is 0 Å². The summed E-state index contributed by atoms with van der Waals surface area (Å²) < 4.78 is 0. The fourth-order valence-electron chi connectivity index (χ4n) is 2.46. The van der Waals surface area contributed by atoms with E-state index in [0.29, 0.717) is 5.92 Å². The molecule has 1 N–H and O–H groups in total. The summed E-state index contributed by atoms with van der Waals surface area (Å²) in [5, 5.41) is 3.51. The van der Waals surface area contributed by atoms with Crippen LogP contribution in [-0.4, -0.2) is 6.54 Å². The minimum Gasteiger partial charge on any atom is -0.385 e. The van der Waals surface area contributed by atoms with Gasteiger partial charge in [-0.05, 0) is 42.0 Å². The van der Waals surface area contributed by atoms with Gasteiger partial charge in [0.25, 0.3) is 0 Å². The van der Waals surface area contributed by atoms with Crippen LogP contribution in [0.25, 0.3) is 0 Å². The molecule has 1 heteroatoms. The van der Waals surface area contributed by atoms with Crippen LogP contribution in [0.4, 0.5) is 5.69 Å². The zero-order valence-electron chi connectivity index (χ0n) is 12.6. The first-order valence-corrected chi connectivity index (χ1v) is 7.67. The Morgan fingerprint density at radius 3 is 2.30 bits per heavy atom. The van der Waals surface area contributed by atoms with Crippen molar-refractivity contribution in [1.29, 1.82) is 0 Å². The number of hydrogen-bond donors (Lipinski definition) is 1. The van der Waals surface area contributed by atoms with Crippen molar-refractivity contribution >= 4 is 5.69 Å². The summed E-state index contributed by atoms with van der Waals surface area (Å²) in [6, 6.07) is 19.6. The second-order valence-corrected chi connectivity index (χ2v) is 5.47. The summed E-state index contributed by atoms with van der Waals surface area (Å²) in [7, 11) is 0. The van der Waals surface area contributed by atoms with Gasteiger partial charge < -0.3 is 5.32 Å². The first-order valence-electron chi connectivity index (χ1n) is 7.67. The maximum atomic E-state index is 3.51. The van der Waals surface area contributed by atoms with Gasteiger partial charge in [-0.3, -0.25) is 0 Å². The molecule has 0 amide bonds. The summed E-state index contributed by atoms with van der Waals surface area (Å²) >= 11 is 0. The summed E-state index contributed by atoms with van der Waals surface area (Å²) in [5.41, 5.74) is 4.08. The first kappa shape index (κ1) is 14.6. The number of aryl methyl sites for hydroxylation is 1. The standard InChI is InChI=1S/C19H25N/c1-3-7-17-10-12-19(13-11-17)20-15-14-16(2)18-8-5-4-6-9-18/h4-6,8-13,16,20H,3,7,14-15H2,1-2H3. The van der Waals surface area contributed by atoms with Gasteiger partial charge in [-0.2, -0.15) is 0 Å². The van der Waals surface area contributed by atoms with Gasteiger partial charge in [0.2, 0.25) is 0 Å². The van der Waals surface area contributed by atoms with Gasteiger partial charge in [0.15, 0.2) is 0 Å². The Morgan fingerprint density at radius 2 is 1.65 bits per heavy atom. The smallest absolute Gasteiger partial charge is 0.0340 e. The predicted molar refractivity (Wildman–Crippen MR) is 88.4 cm³/mol. The van der Waals surface area contributed by atoms with E-state index in [1.165, 1.54) is 29.7 Å². The van der Waals surface area contributed by atoms with Gasteiger partial charge in [-0.1, -0.05) is 62.7 Å². The highest BCUT2D eigenvalue weighted by atomic mass is 14.9. The highest BCUT2D eigenvalue weighted by Crippen LogP contribution is 2.19. The van der Waals surface area contributed by atoms with Gasteiger partial charge in [-0.15, -0.1) is 0 Å². The Balaban J connectivity index is 1.78. The van der Waals surface area contributed by atoms with Crippen LogP contribution in [0.2, 0.25) is 0 Å². The Labute approximate surface area is 123 Å². The zero-order valence-corrected chi connectivity index (χ0v) is 12.6. The second-order valence-electron chi connectivity index (χ2n) is 5.47. The lowest BCUT2D eigenvalue weighted by Crippen LogP contribution is -2.05. The van der Waals surface area contributed by atoms with Gasteiger partial charge in [0, 0.05) is 12.2 Å². The number of hydrogen-bond acceptors (Lipinski definition) is 1. The number of rotatable bonds is 7. The zero-order chi connectivity index (χ0) is 14.2. The number of benzene rings is 2. The predicted octanol–water partition coefficient (Wildman–Crippen LogP) is 5.24. The lowest BCUT2D eigenvalue weighted by Gasteiger charge is -2.13. The average molecular weight is 267 g/mol. The molecule has 2 rings (SSSR count). The van der Waals surface area contributed by atoms with Gasteiger partial charge in [0.05, 0.1) is 0 Å². The summed E-state index contributed by atoms with van der Waals surface area (Å²) in [5.74, 6) is 0.600. The number of anilines is 1. The molecule has 2 aromatic rings. The molecule has 0 bridgehead atoms. The van der Waals surface area contributed by atoms with E-state index in [1.807, 2.05) is 0 Å². The fourth-order valence-corrected chi connectivity index (χ4v) is 2.46. The number of nitrogens with one attached hydrogen (secondary N) is 1. The second kappa shape index (κ2) is 7.74. The molecule has 1 nitrogen and oxygen atoms in total. The quantitative estimate of drug-likeness (QED) is 0.723. The van der Waals surface area contributed by atoms with Crippen molar-refractivity contribution in [1.82, 2.24) is 0 Å². The maximum Gasteiger partial charge on any atom is 0.0340 e. The Morgan fingerprint density at radius 1 is 0.950 bits per heavy atom. The molecule has 0 radical (unpaired) electrons. The normalized spacial score (nSPS) is 12.1. The summed E-state index contributed by atoms with van der Waals surface area (Å²) in [6.07, 6.45) is 3.54. The monoisotopic (exact) mass is 267 g/mol. The van der Waals surface area contributed by atoms with Crippen LogP contribution in [0.1, 0.15) is 43.7 Å². The van der Waals surface area contributed by atoms with E-state index in [-0.39, 0.29) is 0 Å². The van der Waals surface area contributed by atoms with Crippen LogP contribution < -0.4 is 5.32 Å². The molecule has 1 atom stereocenters. The summed E-state index contributed by atoms with van der Waals surface area (Å²) in [6.45, 7) is 5.53. The molecular formula is C19H25N. The van der Waals surface area contributed by atoms with E-state index in [9.17, 15) is 0 Å². The van der Waals surface area contributed by atoms with E-state index < -0.39 is 0 Å². The minimum absolute atomic E-state index is 0.600. The highest BCUT2D eigenvalue weighted by Gasteiger charge is 2.04. The van der Waals surface area contributed by atoms with E-state index in [1.54, 1.807) is 0 Å². The molecule has 1 unspecified atom stereocenters. The first-order chi connectivity index (χ1) is 9.79. The molecule has 0 aliphatic heterocycles. The van der Waals surface area contributed by atoms with E-state index in [0.717, 1.165) is 13.0 Å². The largest absolute Gasteiger partial charge is 0.385 e. The topological polar surface area (TPSA) is 12.0 Å². The van der Waals surface area contributed by atoms with E-state index in [2.05, 4.69) is 73.8 Å². The lowest BCUT2D eigenvalue weighted by molar-refractivity contribution is 0.706. The van der Waals surface area contributed by atoms with Crippen LogP contribution in [0.3, 0.4) is 0 Å². The molecular weight excluding hydrogens is 242 g/mol. The van der Waals surface area contributed by atoms with Crippen molar-refractivity contribution in [3.05, 3.63) is 65.7 Å². The lowest BCUT2D eigenvalue weighted by atomic mass is 9.98. The average Bonchev–Trinajstić information content (AvgIpc) is 2.50. The van der Waals surface area contributed by atoms with Crippen molar-refractivity contribution in [3.63, 3.8) is 0 Å². The van der Waals surface area contributed by atoms with Crippen molar-refractivity contribution in [2.24, 2.45) is 0 Å². The Hall–Kier alpha value is -1.76.